The summed E-state index contributed by atoms with van der Waals surface area (Å²) in [5.41, 5.74) is 0. The van der Waals surface area contributed by atoms with Gasteiger partial charge in [-0.15, -0.1) is 6.42 Å². The minimum Gasteiger partial charge on any atom is -0.335 e. The molecule has 0 radical (unpaired) electrons. The first-order valence-corrected chi connectivity index (χ1v) is 13.7. The third kappa shape index (κ3) is 5.28. The summed E-state index contributed by atoms with van der Waals surface area (Å²) in [5.74, 6) is 2.74. The lowest BCUT2D eigenvalue weighted by atomic mass is 9.92. The van der Waals surface area contributed by atoms with Crippen molar-refractivity contribution in [2.45, 2.75) is 63.1 Å². The lowest BCUT2D eigenvalue weighted by Gasteiger charge is -2.40. The molecule has 7 nitrogen and oxygen atoms in total. The second-order valence-corrected chi connectivity index (χ2v) is 12.8. The van der Waals surface area contributed by atoms with E-state index in [2.05, 4.69) is 5.92 Å². The maximum atomic E-state index is 13.3. The molecular weight excluding hydrogens is 400 g/mol. The summed E-state index contributed by atoms with van der Waals surface area (Å²) in [5, 5.41) is 0. The van der Waals surface area contributed by atoms with Crippen LogP contribution in [0.25, 0.3) is 0 Å². The van der Waals surface area contributed by atoms with Gasteiger partial charge in [0.05, 0.1) is 36.1 Å². The van der Waals surface area contributed by atoms with E-state index in [-0.39, 0.29) is 60.1 Å². The average molecular weight is 431 g/mol. The van der Waals surface area contributed by atoms with Crippen molar-refractivity contribution in [1.29, 1.82) is 0 Å². The molecule has 9 heteroatoms. The highest BCUT2D eigenvalue weighted by Gasteiger charge is 2.40. The fourth-order valence-corrected chi connectivity index (χ4v) is 8.28. The van der Waals surface area contributed by atoms with Gasteiger partial charge in [0.2, 0.25) is 5.91 Å². The molecule has 1 amide bonds. The number of carbonyl (C=O) groups excluding carboxylic acids is 1. The van der Waals surface area contributed by atoms with Crippen molar-refractivity contribution in [2.75, 3.05) is 36.1 Å². The van der Waals surface area contributed by atoms with Crippen LogP contribution in [0.4, 0.5) is 0 Å². The molecular formula is C19H30N2O5S2. The van der Waals surface area contributed by atoms with Crippen LogP contribution in [-0.4, -0.2) is 86.8 Å². The van der Waals surface area contributed by atoms with Crippen LogP contribution in [0.1, 0.15) is 44.9 Å². The van der Waals surface area contributed by atoms with Crippen LogP contribution in [-0.2, 0) is 24.5 Å². The largest absolute Gasteiger partial charge is 0.335 e. The maximum Gasteiger partial charge on any atom is 0.237 e. The molecule has 0 aromatic heterocycles. The third-order valence-corrected chi connectivity index (χ3v) is 9.72. The van der Waals surface area contributed by atoms with Crippen molar-refractivity contribution in [1.82, 2.24) is 9.80 Å². The van der Waals surface area contributed by atoms with Crippen LogP contribution in [0, 0.1) is 12.3 Å². The van der Waals surface area contributed by atoms with Crippen LogP contribution < -0.4 is 0 Å². The van der Waals surface area contributed by atoms with Gasteiger partial charge in [0, 0.05) is 18.1 Å². The first-order valence-electron chi connectivity index (χ1n) is 10.1. The summed E-state index contributed by atoms with van der Waals surface area (Å²) < 4.78 is 47.7. The topological polar surface area (TPSA) is 91.8 Å². The molecule has 0 aromatic carbocycles. The highest BCUT2D eigenvalue weighted by atomic mass is 32.2. The normalized spacial score (nSPS) is 29.6. The van der Waals surface area contributed by atoms with Gasteiger partial charge >= 0.3 is 0 Å². The van der Waals surface area contributed by atoms with E-state index in [1.807, 2.05) is 4.90 Å². The molecule has 1 aliphatic carbocycles. The number of hydrogen-bond donors (Lipinski definition) is 0. The Morgan fingerprint density at radius 1 is 0.857 bits per heavy atom. The summed E-state index contributed by atoms with van der Waals surface area (Å²) in [4.78, 5) is 16.9. The molecule has 2 aliphatic heterocycles. The summed E-state index contributed by atoms with van der Waals surface area (Å²) in [6.45, 7) is 0.269. The molecule has 2 atom stereocenters. The Kier molecular flexibility index (Phi) is 6.72. The van der Waals surface area contributed by atoms with Crippen molar-refractivity contribution in [3.63, 3.8) is 0 Å². The standard InChI is InChI=1S/C19H30N2O5S2/c1-2-10-20(17-8-11-27(23,24)14-17)13-19(22)21(16-6-4-3-5-7-16)18-9-12-28(25,26)15-18/h1,16-18H,3-15H2. The second-order valence-electron chi connectivity index (χ2n) is 8.32. The highest BCUT2D eigenvalue weighted by molar-refractivity contribution is 7.91. The molecule has 3 rings (SSSR count). The Labute approximate surface area is 168 Å². The van der Waals surface area contributed by atoms with Crippen LogP contribution >= 0.6 is 0 Å². The highest BCUT2D eigenvalue weighted by Crippen LogP contribution is 2.29. The van der Waals surface area contributed by atoms with E-state index in [9.17, 15) is 21.6 Å². The Morgan fingerprint density at radius 2 is 1.43 bits per heavy atom. The lowest BCUT2D eigenvalue weighted by molar-refractivity contribution is -0.138. The van der Waals surface area contributed by atoms with Crippen molar-refractivity contribution in [3.8, 4) is 12.3 Å². The van der Waals surface area contributed by atoms with Gasteiger partial charge in [-0.1, -0.05) is 25.2 Å². The van der Waals surface area contributed by atoms with E-state index in [0.717, 1.165) is 32.1 Å². The predicted octanol–water partition coefficient (Wildman–Crippen LogP) is 0.457. The molecule has 2 saturated heterocycles. The molecule has 28 heavy (non-hydrogen) atoms. The summed E-state index contributed by atoms with van der Waals surface area (Å²) in [6.07, 6.45) is 11.5. The summed E-state index contributed by atoms with van der Waals surface area (Å²) >= 11 is 0. The average Bonchev–Trinajstić information content (AvgIpc) is 3.17. The van der Waals surface area contributed by atoms with E-state index < -0.39 is 19.7 Å². The summed E-state index contributed by atoms with van der Waals surface area (Å²) in [7, 11) is -6.18. The van der Waals surface area contributed by atoms with Crippen LogP contribution in [0.3, 0.4) is 0 Å². The Balaban J connectivity index is 1.76. The number of amides is 1. The van der Waals surface area contributed by atoms with Gasteiger partial charge in [0.1, 0.15) is 0 Å². The van der Waals surface area contributed by atoms with E-state index in [1.54, 1.807) is 4.90 Å². The van der Waals surface area contributed by atoms with Gasteiger partial charge in [0.15, 0.2) is 19.7 Å². The summed E-state index contributed by atoms with van der Waals surface area (Å²) in [6, 6.07) is -0.453. The zero-order valence-corrected chi connectivity index (χ0v) is 17.9. The molecule has 1 saturated carbocycles. The molecule has 0 spiro atoms. The molecule has 2 unspecified atom stereocenters. The zero-order chi connectivity index (χ0) is 20.4. The van der Waals surface area contributed by atoms with Crippen LogP contribution in [0.5, 0.6) is 0 Å². The predicted molar refractivity (Wildman–Crippen MR) is 108 cm³/mol. The fourth-order valence-electron chi connectivity index (χ4n) is 4.81. The van der Waals surface area contributed by atoms with Crippen molar-refractivity contribution in [3.05, 3.63) is 0 Å². The van der Waals surface area contributed by atoms with Crippen LogP contribution in [0.2, 0.25) is 0 Å². The minimum atomic E-state index is -3.10. The molecule has 3 aliphatic rings. The second kappa shape index (κ2) is 8.72. The van der Waals surface area contributed by atoms with E-state index >= 15 is 0 Å². The van der Waals surface area contributed by atoms with Gasteiger partial charge < -0.3 is 4.90 Å². The first kappa shape index (κ1) is 21.6. The Bertz CT molecular complexity index is 825. The monoisotopic (exact) mass is 430 g/mol. The molecule has 0 N–H and O–H groups in total. The van der Waals surface area contributed by atoms with E-state index in [4.69, 9.17) is 6.42 Å². The number of terminal acetylenes is 1. The van der Waals surface area contributed by atoms with E-state index in [1.165, 1.54) is 0 Å². The maximum absolute atomic E-state index is 13.3. The van der Waals surface area contributed by atoms with Gasteiger partial charge in [-0.05, 0) is 25.7 Å². The van der Waals surface area contributed by atoms with Gasteiger partial charge in [0.25, 0.3) is 0 Å². The molecule has 3 fully saturated rings. The number of rotatable bonds is 6. The number of carbonyl (C=O) groups is 1. The van der Waals surface area contributed by atoms with Crippen molar-refractivity contribution < 1.29 is 21.6 Å². The molecule has 0 aromatic rings. The quantitative estimate of drug-likeness (QED) is 0.569. The molecule has 2 heterocycles. The van der Waals surface area contributed by atoms with Gasteiger partial charge in [-0.3, -0.25) is 9.69 Å². The Morgan fingerprint density at radius 3 is 1.93 bits per heavy atom. The van der Waals surface area contributed by atoms with Crippen molar-refractivity contribution >= 4 is 25.6 Å². The minimum absolute atomic E-state index is 0.0299. The van der Waals surface area contributed by atoms with Crippen LogP contribution in [0.15, 0.2) is 0 Å². The molecule has 0 bridgehead atoms. The SMILES string of the molecule is C#CCN(CC(=O)N(C1CCCCC1)C1CCS(=O)(=O)C1)C1CCS(=O)(=O)C1. The number of nitrogens with zero attached hydrogens (tertiary/aromatic N) is 2. The number of hydrogen-bond acceptors (Lipinski definition) is 6. The number of sulfone groups is 2. The van der Waals surface area contributed by atoms with E-state index in [0.29, 0.717) is 12.8 Å². The first-order chi connectivity index (χ1) is 13.2. The molecule has 158 valence electrons. The fraction of sp³-hybridized carbons (Fsp3) is 0.842. The lowest BCUT2D eigenvalue weighted by Crippen LogP contribution is -2.53. The smallest absolute Gasteiger partial charge is 0.237 e. The van der Waals surface area contributed by atoms with Gasteiger partial charge in [-0.2, -0.15) is 0 Å². The van der Waals surface area contributed by atoms with Crippen molar-refractivity contribution in [2.24, 2.45) is 0 Å². The third-order valence-electron chi connectivity index (χ3n) is 6.22. The van der Waals surface area contributed by atoms with Gasteiger partial charge in [-0.25, -0.2) is 16.8 Å². The zero-order valence-electron chi connectivity index (χ0n) is 16.3. The Hall–Kier alpha value is -1.11.